The van der Waals surface area contributed by atoms with E-state index in [-0.39, 0.29) is 11.7 Å². The van der Waals surface area contributed by atoms with Crippen LogP contribution in [0.3, 0.4) is 0 Å². The summed E-state index contributed by atoms with van der Waals surface area (Å²) < 4.78 is 13.7. The number of para-hydroxylation sites is 1. The van der Waals surface area contributed by atoms with Crippen LogP contribution < -0.4 is 5.32 Å². The average molecular weight is 377 g/mol. The number of thioether (sulfide) groups is 1. The third-order valence-corrected chi connectivity index (χ3v) is 4.47. The highest BCUT2D eigenvalue weighted by Gasteiger charge is 2.23. The highest BCUT2D eigenvalue weighted by atomic mass is 79.9. The number of hydrogen-bond donors (Lipinski definition) is 1. The van der Waals surface area contributed by atoms with Crippen LogP contribution in [0.4, 0.5) is 10.1 Å². The summed E-state index contributed by atoms with van der Waals surface area (Å²) in [6, 6.07) is 13.5. The molecule has 0 aliphatic carbocycles. The molecule has 1 N–H and O–H groups in total. The fraction of sp³-hybridized carbons (Fsp3) is 0. The molecule has 0 radical (unpaired) electrons. The van der Waals surface area contributed by atoms with Crippen LogP contribution in [0.2, 0.25) is 0 Å². The largest absolute Gasteiger partial charge is 0.300 e. The van der Waals surface area contributed by atoms with Crippen molar-refractivity contribution in [3.05, 3.63) is 69.3 Å². The lowest BCUT2D eigenvalue weighted by Crippen LogP contribution is -2.19. The Bertz CT molecular complexity index is 787. The number of amides is 1. The van der Waals surface area contributed by atoms with E-state index in [4.69, 9.17) is 0 Å². The standard InChI is InChI=1S/C16H10BrFN2OS/c17-12-3-1-2-4-13(12)19-16-20-15(21)14(22-16)9-10-5-7-11(18)8-6-10/h1-9H,(H,19,20,21)/b14-9+. The predicted octanol–water partition coefficient (Wildman–Crippen LogP) is 4.48. The SMILES string of the molecule is O=C1NC(=Nc2ccccc2Br)S/C1=C/c1ccc(F)cc1. The number of amidine groups is 1. The quantitative estimate of drug-likeness (QED) is 0.785. The number of nitrogens with zero attached hydrogens (tertiary/aromatic N) is 1. The number of carbonyl (C=O) groups excluding carboxylic acids is 1. The number of carbonyl (C=O) groups is 1. The number of hydrogen-bond acceptors (Lipinski definition) is 3. The first kappa shape index (κ1) is 15.0. The van der Waals surface area contributed by atoms with Crippen LogP contribution in [0.5, 0.6) is 0 Å². The number of halogens is 2. The zero-order chi connectivity index (χ0) is 15.5. The highest BCUT2D eigenvalue weighted by Crippen LogP contribution is 2.30. The number of rotatable bonds is 2. The van der Waals surface area contributed by atoms with E-state index in [0.29, 0.717) is 10.1 Å². The molecule has 0 aromatic heterocycles. The van der Waals surface area contributed by atoms with Crippen molar-refractivity contribution in [3.63, 3.8) is 0 Å². The van der Waals surface area contributed by atoms with Gasteiger partial charge in [0.15, 0.2) is 5.17 Å². The Morgan fingerprint density at radius 3 is 2.59 bits per heavy atom. The molecule has 0 atom stereocenters. The normalized spacial score (nSPS) is 18.0. The molecule has 0 saturated carbocycles. The van der Waals surface area contributed by atoms with Gasteiger partial charge < -0.3 is 5.32 Å². The van der Waals surface area contributed by atoms with Crippen molar-refractivity contribution < 1.29 is 9.18 Å². The van der Waals surface area contributed by atoms with Crippen molar-refractivity contribution in [2.45, 2.75) is 0 Å². The Labute approximate surface area is 139 Å². The summed E-state index contributed by atoms with van der Waals surface area (Å²) in [5, 5.41) is 3.24. The summed E-state index contributed by atoms with van der Waals surface area (Å²) in [5.41, 5.74) is 1.51. The van der Waals surface area contributed by atoms with Crippen LogP contribution in [0.1, 0.15) is 5.56 Å². The minimum Gasteiger partial charge on any atom is -0.300 e. The third kappa shape index (κ3) is 3.45. The van der Waals surface area contributed by atoms with Gasteiger partial charge >= 0.3 is 0 Å². The van der Waals surface area contributed by atoms with Crippen molar-refractivity contribution in [1.29, 1.82) is 0 Å². The lowest BCUT2D eigenvalue weighted by molar-refractivity contribution is -0.115. The lowest BCUT2D eigenvalue weighted by Gasteiger charge is -1.98. The zero-order valence-electron chi connectivity index (χ0n) is 11.2. The van der Waals surface area contributed by atoms with E-state index in [0.717, 1.165) is 15.7 Å². The molecule has 0 bridgehead atoms. The van der Waals surface area contributed by atoms with E-state index in [1.54, 1.807) is 18.2 Å². The maximum Gasteiger partial charge on any atom is 0.264 e. The lowest BCUT2D eigenvalue weighted by atomic mass is 10.2. The van der Waals surface area contributed by atoms with E-state index in [2.05, 4.69) is 26.2 Å². The van der Waals surface area contributed by atoms with Gasteiger partial charge in [-0.3, -0.25) is 4.79 Å². The van der Waals surface area contributed by atoms with E-state index in [1.807, 2.05) is 24.3 Å². The van der Waals surface area contributed by atoms with Gasteiger partial charge in [0.25, 0.3) is 5.91 Å². The van der Waals surface area contributed by atoms with Gasteiger partial charge in [-0.2, -0.15) is 0 Å². The Morgan fingerprint density at radius 2 is 1.86 bits per heavy atom. The molecule has 1 saturated heterocycles. The molecule has 1 heterocycles. The maximum absolute atomic E-state index is 12.9. The fourth-order valence-electron chi connectivity index (χ4n) is 1.84. The topological polar surface area (TPSA) is 41.5 Å². The van der Waals surface area contributed by atoms with E-state index < -0.39 is 0 Å². The second kappa shape index (κ2) is 6.46. The van der Waals surface area contributed by atoms with Crippen LogP contribution in [0.15, 0.2) is 62.9 Å². The first-order chi connectivity index (χ1) is 10.6. The summed E-state index contributed by atoms with van der Waals surface area (Å²) in [5.74, 6) is -0.512. The van der Waals surface area contributed by atoms with Gasteiger partial charge in [0.2, 0.25) is 0 Å². The Kier molecular flexibility index (Phi) is 4.40. The van der Waals surface area contributed by atoms with Crippen molar-refractivity contribution >= 4 is 50.5 Å². The monoisotopic (exact) mass is 376 g/mol. The Balaban J connectivity index is 1.84. The smallest absolute Gasteiger partial charge is 0.264 e. The van der Waals surface area contributed by atoms with E-state index >= 15 is 0 Å². The maximum atomic E-state index is 12.9. The van der Waals surface area contributed by atoms with Crippen LogP contribution in [-0.4, -0.2) is 11.1 Å². The first-order valence-corrected chi connectivity index (χ1v) is 8.02. The van der Waals surface area contributed by atoms with Crippen molar-refractivity contribution in [1.82, 2.24) is 5.32 Å². The van der Waals surface area contributed by atoms with Crippen molar-refractivity contribution in [3.8, 4) is 0 Å². The molecule has 0 spiro atoms. The van der Waals surface area contributed by atoms with Crippen molar-refractivity contribution in [2.24, 2.45) is 4.99 Å². The van der Waals surface area contributed by atoms with Gasteiger partial charge in [0, 0.05) is 4.47 Å². The van der Waals surface area contributed by atoms with E-state index in [9.17, 15) is 9.18 Å². The van der Waals surface area contributed by atoms with Crippen LogP contribution in [0.25, 0.3) is 6.08 Å². The van der Waals surface area contributed by atoms with Gasteiger partial charge in [-0.25, -0.2) is 9.38 Å². The minimum absolute atomic E-state index is 0.208. The van der Waals surface area contributed by atoms with Gasteiger partial charge in [-0.05, 0) is 63.6 Å². The van der Waals surface area contributed by atoms with Gasteiger partial charge in [-0.15, -0.1) is 0 Å². The molecule has 1 fully saturated rings. The van der Waals surface area contributed by atoms with Gasteiger partial charge in [0.05, 0.1) is 10.6 Å². The zero-order valence-corrected chi connectivity index (χ0v) is 13.6. The van der Waals surface area contributed by atoms with Crippen LogP contribution in [-0.2, 0) is 4.79 Å². The third-order valence-electron chi connectivity index (χ3n) is 2.89. The van der Waals surface area contributed by atoms with Gasteiger partial charge in [0.1, 0.15) is 5.82 Å². The number of nitrogens with one attached hydrogen (secondary N) is 1. The average Bonchev–Trinajstić information content (AvgIpc) is 2.84. The second-order valence-corrected chi connectivity index (χ2v) is 6.37. The van der Waals surface area contributed by atoms with Gasteiger partial charge in [-0.1, -0.05) is 24.3 Å². The van der Waals surface area contributed by atoms with Crippen LogP contribution >= 0.6 is 27.7 Å². The highest BCUT2D eigenvalue weighted by molar-refractivity contribution is 9.10. The number of aliphatic imine (C=N–C) groups is 1. The summed E-state index contributed by atoms with van der Waals surface area (Å²) in [6.45, 7) is 0. The van der Waals surface area contributed by atoms with Crippen molar-refractivity contribution in [2.75, 3.05) is 0 Å². The molecule has 6 heteroatoms. The first-order valence-electron chi connectivity index (χ1n) is 6.41. The molecule has 3 nitrogen and oxygen atoms in total. The number of benzene rings is 2. The molecule has 0 unspecified atom stereocenters. The van der Waals surface area contributed by atoms with E-state index in [1.165, 1.54) is 23.9 Å². The minimum atomic E-state index is -0.304. The molecular formula is C16H10BrFN2OS. The molecule has 1 aliphatic rings. The molecule has 3 rings (SSSR count). The predicted molar refractivity (Wildman–Crippen MR) is 91.3 cm³/mol. The summed E-state index contributed by atoms with van der Waals surface area (Å²) in [4.78, 5) is 16.9. The molecular weight excluding hydrogens is 367 g/mol. The fourth-order valence-corrected chi connectivity index (χ4v) is 3.05. The Morgan fingerprint density at radius 1 is 1.14 bits per heavy atom. The Hall–Kier alpha value is -1.92. The molecule has 2 aromatic rings. The summed E-state index contributed by atoms with van der Waals surface area (Å²) >= 11 is 4.67. The summed E-state index contributed by atoms with van der Waals surface area (Å²) in [6.07, 6.45) is 1.71. The van der Waals surface area contributed by atoms with Crippen LogP contribution in [0, 0.1) is 5.82 Å². The molecule has 110 valence electrons. The molecule has 1 amide bonds. The second-order valence-electron chi connectivity index (χ2n) is 4.48. The molecule has 1 aliphatic heterocycles. The molecule has 2 aromatic carbocycles. The summed E-state index contributed by atoms with van der Waals surface area (Å²) in [7, 11) is 0. The molecule has 22 heavy (non-hydrogen) atoms.